The van der Waals surface area contributed by atoms with Crippen LogP contribution < -0.4 is 5.73 Å². The molecule has 0 radical (unpaired) electrons. The molecule has 1 saturated carbocycles. The van der Waals surface area contributed by atoms with Crippen molar-refractivity contribution in [3.63, 3.8) is 0 Å². The van der Waals surface area contributed by atoms with E-state index in [4.69, 9.17) is 15.2 Å². The maximum atomic E-state index is 12.3. The third kappa shape index (κ3) is 5.33. The lowest BCUT2D eigenvalue weighted by atomic mass is 9.89. The molecule has 0 spiro atoms. The molecule has 1 amide bonds. The molecule has 23 heavy (non-hydrogen) atoms. The van der Waals surface area contributed by atoms with Crippen molar-refractivity contribution in [2.75, 3.05) is 33.4 Å². The van der Waals surface area contributed by atoms with Crippen LogP contribution in [0, 0.1) is 0 Å². The average molecular weight is 327 g/mol. The fourth-order valence-corrected chi connectivity index (χ4v) is 3.62. The molecule has 0 aromatic carbocycles. The number of nitrogens with zero attached hydrogens (tertiary/aromatic N) is 2. The zero-order valence-electron chi connectivity index (χ0n) is 15.1. The molecule has 6 nitrogen and oxygen atoms in total. The van der Waals surface area contributed by atoms with Crippen molar-refractivity contribution in [1.29, 1.82) is 0 Å². The smallest absolute Gasteiger partial charge is 0.410 e. The first kappa shape index (κ1) is 18.5. The molecule has 2 fully saturated rings. The molecule has 0 aromatic rings. The van der Waals surface area contributed by atoms with E-state index in [0.717, 1.165) is 38.8 Å². The Morgan fingerprint density at radius 2 is 1.83 bits per heavy atom. The molecule has 2 aliphatic rings. The van der Waals surface area contributed by atoms with Gasteiger partial charge in [0.1, 0.15) is 5.60 Å². The third-order valence-corrected chi connectivity index (χ3v) is 4.75. The monoisotopic (exact) mass is 327 g/mol. The number of hydrogen-bond acceptors (Lipinski definition) is 5. The van der Waals surface area contributed by atoms with Crippen LogP contribution in [0.1, 0.15) is 46.5 Å². The molecule has 6 heteroatoms. The van der Waals surface area contributed by atoms with Gasteiger partial charge in [-0.1, -0.05) is 0 Å². The summed E-state index contributed by atoms with van der Waals surface area (Å²) < 4.78 is 10.9. The highest BCUT2D eigenvalue weighted by molar-refractivity contribution is 5.68. The van der Waals surface area contributed by atoms with Crippen LogP contribution in [0.4, 0.5) is 4.79 Å². The van der Waals surface area contributed by atoms with Gasteiger partial charge in [0, 0.05) is 38.8 Å². The molecule has 1 unspecified atom stereocenters. The number of carbonyl (C=O) groups excluding carboxylic acids is 1. The van der Waals surface area contributed by atoms with Crippen molar-refractivity contribution in [1.82, 2.24) is 9.80 Å². The predicted molar refractivity (Wildman–Crippen MR) is 90.4 cm³/mol. The number of piperazine rings is 1. The fourth-order valence-electron chi connectivity index (χ4n) is 3.62. The fraction of sp³-hybridized carbons (Fsp3) is 0.941. The van der Waals surface area contributed by atoms with Gasteiger partial charge < -0.3 is 20.1 Å². The van der Waals surface area contributed by atoms with E-state index in [1.807, 2.05) is 25.7 Å². The van der Waals surface area contributed by atoms with E-state index in [0.29, 0.717) is 25.2 Å². The van der Waals surface area contributed by atoms with Crippen molar-refractivity contribution in [2.45, 2.75) is 70.2 Å². The number of methoxy groups -OCH3 is 1. The average Bonchev–Trinajstić information content (AvgIpc) is 2.47. The van der Waals surface area contributed by atoms with Crippen LogP contribution in [-0.4, -0.2) is 73.0 Å². The van der Waals surface area contributed by atoms with Gasteiger partial charge >= 0.3 is 6.09 Å². The number of hydrogen-bond donors (Lipinski definition) is 1. The molecule has 0 aromatic heterocycles. The summed E-state index contributed by atoms with van der Waals surface area (Å²) in [7, 11) is 1.72. The van der Waals surface area contributed by atoms with E-state index < -0.39 is 5.60 Å². The van der Waals surface area contributed by atoms with E-state index in [1.165, 1.54) is 0 Å². The molecule has 1 saturated heterocycles. The van der Waals surface area contributed by atoms with Gasteiger partial charge in [-0.2, -0.15) is 0 Å². The number of rotatable bonds is 3. The second-order valence-electron chi connectivity index (χ2n) is 7.84. The van der Waals surface area contributed by atoms with E-state index in [9.17, 15) is 4.79 Å². The van der Waals surface area contributed by atoms with Crippen LogP contribution in [0.5, 0.6) is 0 Å². The first-order valence-electron chi connectivity index (χ1n) is 8.78. The standard InChI is InChI=1S/C17H33N3O3/c1-17(2,3)23-16(21)19-9-10-20(15(11-19)12-22-4)14-7-5-13(18)6-8-14/h13-15H,5-12,18H2,1-4H3. The molecule has 1 aliphatic heterocycles. The van der Waals surface area contributed by atoms with Gasteiger partial charge in [-0.25, -0.2) is 4.79 Å². The predicted octanol–water partition coefficient (Wildman–Crippen LogP) is 1.82. The Bertz CT molecular complexity index is 389. The largest absolute Gasteiger partial charge is 0.444 e. The first-order chi connectivity index (χ1) is 10.8. The Morgan fingerprint density at radius 1 is 1.17 bits per heavy atom. The third-order valence-electron chi connectivity index (χ3n) is 4.75. The highest BCUT2D eigenvalue weighted by Crippen LogP contribution is 2.26. The Hall–Kier alpha value is -0.850. The minimum absolute atomic E-state index is 0.219. The number of nitrogens with two attached hydrogens (primary N) is 1. The lowest BCUT2D eigenvalue weighted by molar-refractivity contribution is -0.0264. The molecule has 1 aliphatic carbocycles. The van der Waals surface area contributed by atoms with E-state index in [-0.39, 0.29) is 12.1 Å². The van der Waals surface area contributed by atoms with Crippen LogP contribution in [0.25, 0.3) is 0 Å². The molecule has 1 atom stereocenters. The maximum absolute atomic E-state index is 12.3. The molecule has 134 valence electrons. The van der Waals surface area contributed by atoms with E-state index in [1.54, 1.807) is 7.11 Å². The second kappa shape index (κ2) is 7.81. The Kier molecular flexibility index (Phi) is 6.28. The summed E-state index contributed by atoms with van der Waals surface area (Å²) in [5, 5.41) is 0. The van der Waals surface area contributed by atoms with Crippen LogP contribution >= 0.6 is 0 Å². The number of ether oxygens (including phenoxy) is 2. The van der Waals surface area contributed by atoms with Gasteiger partial charge in [-0.15, -0.1) is 0 Å². The Morgan fingerprint density at radius 3 is 2.39 bits per heavy atom. The van der Waals surface area contributed by atoms with Crippen LogP contribution in [0.3, 0.4) is 0 Å². The van der Waals surface area contributed by atoms with Gasteiger partial charge in [-0.05, 0) is 46.5 Å². The lowest BCUT2D eigenvalue weighted by Crippen LogP contribution is -2.60. The summed E-state index contributed by atoms with van der Waals surface area (Å²) in [5.41, 5.74) is 5.57. The summed E-state index contributed by atoms with van der Waals surface area (Å²) in [4.78, 5) is 16.7. The van der Waals surface area contributed by atoms with Gasteiger partial charge in [0.2, 0.25) is 0 Å². The van der Waals surface area contributed by atoms with Gasteiger partial charge in [0.25, 0.3) is 0 Å². The highest BCUT2D eigenvalue weighted by Gasteiger charge is 2.36. The van der Waals surface area contributed by atoms with Crippen molar-refractivity contribution in [3.05, 3.63) is 0 Å². The molecular weight excluding hydrogens is 294 g/mol. The summed E-state index contributed by atoms with van der Waals surface area (Å²) in [5.74, 6) is 0. The zero-order chi connectivity index (χ0) is 17.0. The first-order valence-corrected chi connectivity index (χ1v) is 8.78. The maximum Gasteiger partial charge on any atom is 0.410 e. The molecular formula is C17H33N3O3. The van der Waals surface area contributed by atoms with Gasteiger partial charge in [0.15, 0.2) is 0 Å². The minimum atomic E-state index is -0.454. The summed E-state index contributed by atoms with van der Waals surface area (Å²) in [6.07, 6.45) is 4.26. The Balaban J connectivity index is 1.95. The molecule has 2 N–H and O–H groups in total. The molecule has 2 rings (SSSR count). The highest BCUT2D eigenvalue weighted by atomic mass is 16.6. The SMILES string of the molecule is COCC1CN(C(=O)OC(C)(C)C)CCN1C1CCC(N)CC1. The van der Waals surface area contributed by atoms with Gasteiger partial charge in [0.05, 0.1) is 12.6 Å². The zero-order valence-corrected chi connectivity index (χ0v) is 15.1. The van der Waals surface area contributed by atoms with E-state index in [2.05, 4.69) is 4.90 Å². The van der Waals surface area contributed by atoms with Crippen molar-refractivity contribution < 1.29 is 14.3 Å². The molecule has 0 bridgehead atoms. The summed E-state index contributed by atoms with van der Waals surface area (Å²) >= 11 is 0. The summed E-state index contributed by atoms with van der Waals surface area (Å²) in [6, 6.07) is 1.16. The van der Waals surface area contributed by atoms with Crippen molar-refractivity contribution in [2.24, 2.45) is 5.73 Å². The van der Waals surface area contributed by atoms with Crippen LogP contribution in [0.2, 0.25) is 0 Å². The van der Waals surface area contributed by atoms with Crippen molar-refractivity contribution >= 4 is 6.09 Å². The van der Waals surface area contributed by atoms with Gasteiger partial charge in [-0.3, -0.25) is 4.90 Å². The van der Waals surface area contributed by atoms with Crippen LogP contribution in [0.15, 0.2) is 0 Å². The number of carbonyl (C=O) groups is 1. The Labute approximate surface area is 140 Å². The topological polar surface area (TPSA) is 68.0 Å². The molecule has 1 heterocycles. The van der Waals surface area contributed by atoms with Crippen molar-refractivity contribution in [3.8, 4) is 0 Å². The minimum Gasteiger partial charge on any atom is -0.444 e. The summed E-state index contributed by atoms with van der Waals surface area (Å²) in [6.45, 7) is 8.62. The number of amides is 1. The van der Waals surface area contributed by atoms with Crippen LogP contribution in [-0.2, 0) is 9.47 Å². The van der Waals surface area contributed by atoms with E-state index >= 15 is 0 Å². The lowest BCUT2D eigenvalue weighted by Gasteiger charge is -2.46. The second-order valence-corrected chi connectivity index (χ2v) is 7.84. The quantitative estimate of drug-likeness (QED) is 0.856. The normalized spacial score (nSPS) is 30.3.